The van der Waals surface area contributed by atoms with E-state index >= 15 is 0 Å². The smallest absolute Gasteiger partial charge is 0.276 e. The van der Waals surface area contributed by atoms with Gasteiger partial charge >= 0.3 is 0 Å². The predicted molar refractivity (Wildman–Crippen MR) is 70.5 cm³/mol. The SMILES string of the molecule is Cc1cc(C(=O)N2CC(Oc3cc(C#N)ccn3)C2)no1. The van der Waals surface area contributed by atoms with Gasteiger partial charge in [0.2, 0.25) is 5.88 Å². The zero-order valence-electron chi connectivity index (χ0n) is 11.3. The van der Waals surface area contributed by atoms with Crippen molar-refractivity contribution >= 4 is 5.91 Å². The van der Waals surface area contributed by atoms with Crippen molar-refractivity contribution < 1.29 is 14.1 Å². The van der Waals surface area contributed by atoms with E-state index in [2.05, 4.69) is 10.1 Å². The summed E-state index contributed by atoms with van der Waals surface area (Å²) in [5.74, 6) is 0.818. The standard InChI is InChI=1S/C14H12N4O3/c1-9-4-12(17-21-9)14(19)18-7-11(8-18)20-13-5-10(6-15)2-3-16-13/h2-5,11H,7-8H2,1H3. The summed E-state index contributed by atoms with van der Waals surface area (Å²) < 4.78 is 10.5. The minimum absolute atomic E-state index is 0.122. The number of nitriles is 1. The van der Waals surface area contributed by atoms with Gasteiger partial charge in [0.15, 0.2) is 5.69 Å². The van der Waals surface area contributed by atoms with Crippen molar-refractivity contribution in [1.29, 1.82) is 5.26 Å². The molecule has 7 nitrogen and oxygen atoms in total. The number of aryl methyl sites for hydroxylation is 1. The van der Waals surface area contributed by atoms with Gasteiger partial charge in [0.1, 0.15) is 11.9 Å². The van der Waals surface area contributed by atoms with Crippen LogP contribution in [0, 0.1) is 18.3 Å². The van der Waals surface area contributed by atoms with E-state index in [0.717, 1.165) is 0 Å². The number of hydrogen-bond acceptors (Lipinski definition) is 6. The van der Waals surface area contributed by atoms with Crippen molar-refractivity contribution in [2.45, 2.75) is 13.0 Å². The average molecular weight is 284 g/mol. The highest BCUT2D eigenvalue weighted by molar-refractivity contribution is 5.92. The molecule has 2 aromatic heterocycles. The summed E-state index contributed by atoms with van der Waals surface area (Å²) in [7, 11) is 0. The molecule has 0 N–H and O–H groups in total. The van der Waals surface area contributed by atoms with E-state index in [4.69, 9.17) is 14.5 Å². The molecular formula is C14H12N4O3. The maximum absolute atomic E-state index is 12.0. The minimum Gasteiger partial charge on any atom is -0.471 e. The summed E-state index contributed by atoms with van der Waals surface area (Å²) in [5, 5.41) is 12.5. The molecule has 0 atom stereocenters. The lowest BCUT2D eigenvalue weighted by Crippen LogP contribution is -2.56. The Hall–Kier alpha value is -2.88. The van der Waals surface area contributed by atoms with Crippen LogP contribution in [0.2, 0.25) is 0 Å². The van der Waals surface area contributed by atoms with Crippen LogP contribution in [0.4, 0.5) is 0 Å². The van der Waals surface area contributed by atoms with Gasteiger partial charge in [-0.1, -0.05) is 5.16 Å². The van der Waals surface area contributed by atoms with Gasteiger partial charge < -0.3 is 14.2 Å². The van der Waals surface area contributed by atoms with Crippen molar-refractivity contribution in [3.05, 3.63) is 41.4 Å². The molecule has 2 aromatic rings. The lowest BCUT2D eigenvalue weighted by Gasteiger charge is -2.38. The Labute approximate surface area is 120 Å². The van der Waals surface area contributed by atoms with Crippen molar-refractivity contribution in [1.82, 2.24) is 15.0 Å². The van der Waals surface area contributed by atoms with E-state index in [1.165, 1.54) is 6.20 Å². The van der Waals surface area contributed by atoms with Gasteiger partial charge in [-0.15, -0.1) is 0 Å². The van der Waals surface area contributed by atoms with Crippen molar-refractivity contribution in [2.24, 2.45) is 0 Å². The van der Waals surface area contributed by atoms with Crippen LogP contribution in [-0.2, 0) is 0 Å². The first-order valence-corrected chi connectivity index (χ1v) is 6.41. The first-order valence-electron chi connectivity index (χ1n) is 6.41. The number of hydrogen-bond donors (Lipinski definition) is 0. The molecule has 1 aliphatic rings. The summed E-state index contributed by atoms with van der Waals surface area (Å²) in [6, 6.07) is 6.81. The first-order chi connectivity index (χ1) is 10.2. The van der Waals surface area contributed by atoms with Crippen LogP contribution >= 0.6 is 0 Å². The number of pyridine rings is 1. The Bertz CT molecular complexity index is 713. The van der Waals surface area contributed by atoms with Gasteiger partial charge in [-0.2, -0.15) is 5.26 Å². The summed E-state index contributed by atoms with van der Waals surface area (Å²) in [4.78, 5) is 17.7. The number of rotatable bonds is 3. The van der Waals surface area contributed by atoms with Crippen LogP contribution in [0.3, 0.4) is 0 Å². The fourth-order valence-electron chi connectivity index (χ4n) is 2.02. The lowest BCUT2D eigenvalue weighted by atomic mass is 10.1. The molecule has 3 heterocycles. The summed E-state index contributed by atoms with van der Waals surface area (Å²) in [6.45, 7) is 2.66. The average Bonchev–Trinajstić information content (AvgIpc) is 2.88. The van der Waals surface area contributed by atoms with Crippen LogP contribution < -0.4 is 4.74 Å². The second-order valence-corrected chi connectivity index (χ2v) is 4.77. The molecule has 0 aliphatic carbocycles. The molecule has 7 heteroatoms. The zero-order valence-corrected chi connectivity index (χ0v) is 11.3. The third-order valence-corrected chi connectivity index (χ3v) is 3.13. The van der Waals surface area contributed by atoms with Crippen LogP contribution in [0.1, 0.15) is 21.8 Å². The topological polar surface area (TPSA) is 92.2 Å². The van der Waals surface area contributed by atoms with Gasteiger partial charge in [0.05, 0.1) is 24.7 Å². The molecule has 0 unspecified atom stereocenters. The second-order valence-electron chi connectivity index (χ2n) is 4.77. The number of nitrogens with zero attached hydrogens (tertiary/aromatic N) is 4. The van der Waals surface area contributed by atoms with Crippen molar-refractivity contribution in [2.75, 3.05) is 13.1 Å². The molecular weight excluding hydrogens is 272 g/mol. The quantitative estimate of drug-likeness (QED) is 0.839. The Morgan fingerprint density at radius 2 is 2.33 bits per heavy atom. The van der Waals surface area contributed by atoms with E-state index in [-0.39, 0.29) is 12.0 Å². The van der Waals surface area contributed by atoms with Gasteiger partial charge in [-0.05, 0) is 13.0 Å². The largest absolute Gasteiger partial charge is 0.471 e. The van der Waals surface area contributed by atoms with E-state index < -0.39 is 0 Å². The Morgan fingerprint density at radius 1 is 1.52 bits per heavy atom. The van der Waals surface area contributed by atoms with E-state index in [1.54, 1.807) is 30.0 Å². The highest BCUT2D eigenvalue weighted by atomic mass is 16.5. The third kappa shape index (κ3) is 2.69. The lowest BCUT2D eigenvalue weighted by molar-refractivity contribution is 0.0153. The fraction of sp³-hybridized carbons (Fsp3) is 0.286. The molecule has 106 valence electrons. The summed E-state index contributed by atoms with van der Waals surface area (Å²) in [6.07, 6.45) is 1.40. The molecule has 21 heavy (non-hydrogen) atoms. The first kappa shape index (κ1) is 13.1. The van der Waals surface area contributed by atoms with Crippen molar-refractivity contribution in [3.8, 4) is 11.9 Å². The molecule has 0 saturated carbocycles. The normalized spacial score (nSPS) is 14.4. The minimum atomic E-state index is -0.176. The zero-order chi connectivity index (χ0) is 14.8. The molecule has 0 spiro atoms. The van der Waals surface area contributed by atoms with Crippen LogP contribution in [0.25, 0.3) is 0 Å². The highest BCUT2D eigenvalue weighted by Gasteiger charge is 2.34. The van der Waals surface area contributed by atoms with Gasteiger partial charge in [-0.25, -0.2) is 4.98 Å². The van der Waals surface area contributed by atoms with Crippen LogP contribution in [0.5, 0.6) is 5.88 Å². The maximum Gasteiger partial charge on any atom is 0.276 e. The van der Waals surface area contributed by atoms with Gasteiger partial charge in [0, 0.05) is 18.3 Å². The number of amides is 1. The molecule has 1 amide bonds. The van der Waals surface area contributed by atoms with E-state index in [0.29, 0.717) is 36.0 Å². The molecule has 0 bridgehead atoms. The third-order valence-electron chi connectivity index (χ3n) is 3.13. The Balaban J connectivity index is 1.56. The van der Waals surface area contributed by atoms with Gasteiger partial charge in [0.25, 0.3) is 5.91 Å². The fourth-order valence-corrected chi connectivity index (χ4v) is 2.02. The summed E-state index contributed by atoms with van der Waals surface area (Å²) in [5.41, 5.74) is 0.792. The second kappa shape index (κ2) is 5.25. The van der Waals surface area contributed by atoms with Crippen LogP contribution in [0.15, 0.2) is 28.9 Å². The number of ether oxygens (including phenoxy) is 1. The summed E-state index contributed by atoms with van der Waals surface area (Å²) >= 11 is 0. The molecule has 1 fully saturated rings. The molecule has 0 aromatic carbocycles. The maximum atomic E-state index is 12.0. The van der Waals surface area contributed by atoms with E-state index in [9.17, 15) is 4.79 Å². The molecule has 1 saturated heterocycles. The van der Waals surface area contributed by atoms with Crippen LogP contribution in [-0.4, -0.2) is 40.1 Å². The predicted octanol–water partition coefficient (Wildman–Crippen LogP) is 1.15. The Morgan fingerprint density at radius 3 is 3.00 bits per heavy atom. The number of likely N-dealkylation sites (tertiary alicyclic amines) is 1. The monoisotopic (exact) mass is 284 g/mol. The molecule has 1 aliphatic heterocycles. The number of carbonyl (C=O) groups is 1. The number of carbonyl (C=O) groups excluding carboxylic acids is 1. The number of aromatic nitrogens is 2. The highest BCUT2D eigenvalue weighted by Crippen LogP contribution is 2.19. The molecule has 0 radical (unpaired) electrons. The molecule has 3 rings (SSSR count). The van der Waals surface area contributed by atoms with Gasteiger partial charge in [-0.3, -0.25) is 4.79 Å². The van der Waals surface area contributed by atoms with E-state index in [1.807, 2.05) is 6.07 Å². The Kier molecular flexibility index (Phi) is 3.28. The van der Waals surface area contributed by atoms with Crippen molar-refractivity contribution in [3.63, 3.8) is 0 Å².